The summed E-state index contributed by atoms with van der Waals surface area (Å²) < 4.78 is 25.5. The summed E-state index contributed by atoms with van der Waals surface area (Å²) >= 11 is -1.03. The predicted octanol–water partition coefficient (Wildman–Crippen LogP) is 0.559. The summed E-state index contributed by atoms with van der Waals surface area (Å²) in [5, 5.41) is 0. The van der Waals surface area contributed by atoms with Crippen molar-refractivity contribution in [3.8, 4) is 0 Å². The molecule has 1 N–H and O–H groups in total. The highest BCUT2D eigenvalue weighted by Gasteiger charge is 2.31. The third-order valence-electron chi connectivity index (χ3n) is 1.91. The van der Waals surface area contributed by atoms with Crippen LogP contribution in [0.15, 0.2) is 0 Å². The molecule has 3 atom stereocenters. The van der Waals surface area contributed by atoms with Crippen LogP contribution in [0.1, 0.15) is 27.2 Å². The van der Waals surface area contributed by atoms with E-state index >= 15 is 0 Å². The Kier molecular flexibility index (Phi) is 3.80. The number of rotatable bonds is 2. The van der Waals surface area contributed by atoms with Crippen molar-refractivity contribution in [1.82, 2.24) is 4.72 Å². The minimum Gasteiger partial charge on any atom is -0.598 e. The van der Waals surface area contributed by atoms with E-state index in [-0.39, 0.29) is 10.8 Å². The van der Waals surface area contributed by atoms with E-state index in [1.807, 2.05) is 20.8 Å². The molecule has 5 heteroatoms. The Balaban J connectivity index is 2.37. The monoisotopic (exact) mass is 223 g/mol. The van der Waals surface area contributed by atoms with Gasteiger partial charge in [0.15, 0.2) is 0 Å². The summed E-state index contributed by atoms with van der Waals surface area (Å²) in [6, 6.07) is 0.181. The van der Waals surface area contributed by atoms with Gasteiger partial charge in [-0.05, 0) is 27.2 Å². The SMILES string of the molecule is CC(C)(C)[S+]([O-])N[C@@H]1CC[S@@](=O)C1. The molecule has 1 aliphatic heterocycles. The van der Waals surface area contributed by atoms with Gasteiger partial charge in [-0.25, -0.2) is 0 Å². The second-order valence-corrected chi connectivity index (χ2v) is 7.91. The lowest BCUT2D eigenvalue weighted by molar-refractivity contribution is 0.528. The summed E-state index contributed by atoms with van der Waals surface area (Å²) in [6.45, 7) is 5.80. The van der Waals surface area contributed by atoms with Crippen molar-refractivity contribution >= 4 is 22.2 Å². The standard InChI is InChI=1S/C8H17NO2S2/c1-8(2,3)13(11)9-7-4-5-12(10)6-7/h7,9H,4-6H2,1-3H3/t7-,12-,13?/m1/s1. The first-order valence-corrected chi connectivity index (χ1v) is 7.06. The van der Waals surface area contributed by atoms with Gasteiger partial charge < -0.3 is 4.55 Å². The maximum absolute atomic E-state index is 11.6. The van der Waals surface area contributed by atoms with Gasteiger partial charge in [-0.1, -0.05) is 0 Å². The molecule has 0 amide bonds. The van der Waals surface area contributed by atoms with E-state index in [0.29, 0.717) is 5.75 Å². The average molecular weight is 223 g/mol. The lowest BCUT2D eigenvalue weighted by Gasteiger charge is -2.25. The zero-order valence-corrected chi connectivity index (χ0v) is 9.96. The van der Waals surface area contributed by atoms with Gasteiger partial charge >= 0.3 is 0 Å². The smallest absolute Gasteiger partial charge is 0.136 e. The van der Waals surface area contributed by atoms with E-state index < -0.39 is 22.2 Å². The fourth-order valence-electron chi connectivity index (χ4n) is 1.09. The van der Waals surface area contributed by atoms with Crippen molar-refractivity contribution in [3.63, 3.8) is 0 Å². The topological polar surface area (TPSA) is 52.2 Å². The van der Waals surface area contributed by atoms with Crippen LogP contribution in [0.25, 0.3) is 0 Å². The Morgan fingerprint density at radius 1 is 1.54 bits per heavy atom. The summed E-state index contributed by atoms with van der Waals surface area (Å²) in [5.74, 6) is 1.40. The molecular weight excluding hydrogens is 206 g/mol. The molecular formula is C8H17NO2S2. The molecule has 1 rings (SSSR count). The number of hydrogen-bond acceptors (Lipinski definition) is 3. The first-order valence-electron chi connectivity index (χ1n) is 4.42. The Labute approximate surface area is 85.4 Å². The fourth-order valence-corrected chi connectivity index (χ4v) is 3.46. The summed E-state index contributed by atoms with van der Waals surface area (Å²) in [5.41, 5.74) is 0. The van der Waals surface area contributed by atoms with Crippen LogP contribution in [0, 0.1) is 0 Å². The molecule has 0 spiro atoms. The molecule has 1 saturated heterocycles. The van der Waals surface area contributed by atoms with Gasteiger partial charge in [-0.2, -0.15) is 0 Å². The van der Waals surface area contributed by atoms with Crippen molar-refractivity contribution in [2.75, 3.05) is 11.5 Å². The normalized spacial score (nSPS) is 32.0. The second kappa shape index (κ2) is 4.29. The van der Waals surface area contributed by atoms with E-state index in [1.54, 1.807) is 0 Å². The fraction of sp³-hybridized carbons (Fsp3) is 1.00. The summed E-state index contributed by atoms with van der Waals surface area (Å²) in [7, 11) is -0.693. The van der Waals surface area contributed by atoms with Gasteiger partial charge in [-0.15, -0.1) is 4.72 Å². The van der Waals surface area contributed by atoms with Gasteiger partial charge in [0, 0.05) is 33.7 Å². The molecule has 0 saturated carbocycles. The van der Waals surface area contributed by atoms with Crippen molar-refractivity contribution < 1.29 is 8.76 Å². The van der Waals surface area contributed by atoms with Crippen LogP contribution in [0.4, 0.5) is 0 Å². The molecule has 1 unspecified atom stereocenters. The minimum atomic E-state index is -1.03. The molecule has 0 aromatic rings. The number of nitrogens with one attached hydrogen (secondary N) is 1. The zero-order chi connectivity index (χ0) is 10.1. The maximum Gasteiger partial charge on any atom is 0.136 e. The summed E-state index contributed by atoms with van der Waals surface area (Å²) in [6.07, 6.45) is 0.883. The Bertz CT molecular complexity index is 203. The highest BCUT2D eigenvalue weighted by molar-refractivity contribution is 7.91. The quantitative estimate of drug-likeness (QED) is 0.696. The van der Waals surface area contributed by atoms with Crippen molar-refractivity contribution in [1.29, 1.82) is 0 Å². The van der Waals surface area contributed by atoms with Gasteiger partial charge in [0.2, 0.25) is 0 Å². The van der Waals surface area contributed by atoms with E-state index in [9.17, 15) is 8.76 Å². The molecule has 78 valence electrons. The molecule has 3 nitrogen and oxygen atoms in total. The molecule has 0 bridgehead atoms. The van der Waals surface area contributed by atoms with Crippen LogP contribution in [-0.2, 0) is 22.2 Å². The summed E-state index contributed by atoms with van der Waals surface area (Å²) in [4.78, 5) is 0. The Morgan fingerprint density at radius 3 is 2.54 bits per heavy atom. The first kappa shape index (κ1) is 11.5. The zero-order valence-electron chi connectivity index (χ0n) is 8.33. The maximum atomic E-state index is 11.6. The van der Waals surface area contributed by atoms with Crippen molar-refractivity contribution in [2.24, 2.45) is 0 Å². The largest absolute Gasteiger partial charge is 0.598 e. The first-order chi connectivity index (χ1) is 5.89. The van der Waals surface area contributed by atoms with Crippen molar-refractivity contribution in [2.45, 2.75) is 38.0 Å². The van der Waals surface area contributed by atoms with Crippen LogP contribution >= 0.6 is 0 Å². The molecule has 1 fully saturated rings. The van der Waals surface area contributed by atoms with Gasteiger partial charge in [0.05, 0.1) is 6.04 Å². The molecule has 13 heavy (non-hydrogen) atoms. The number of hydrogen-bond donors (Lipinski definition) is 1. The molecule has 1 aliphatic rings. The average Bonchev–Trinajstić information content (AvgIpc) is 2.33. The molecule has 0 radical (unpaired) electrons. The molecule has 0 aromatic heterocycles. The van der Waals surface area contributed by atoms with Gasteiger partial charge in [0.1, 0.15) is 4.75 Å². The van der Waals surface area contributed by atoms with Crippen LogP contribution in [0.3, 0.4) is 0 Å². The van der Waals surface area contributed by atoms with Gasteiger partial charge in [0.25, 0.3) is 0 Å². The Morgan fingerprint density at radius 2 is 2.15 bits per heavy atom. The van der Waals surface area contributed by atoms with Crippen LogP contribution < -0.4 is 4.72 Å². The molecule has 1 heterocycles. The van der Waals surface area contributed by atoms with Crippen LogP contribution in [0.5, 0.6) is 0 Å². The highest BCUT2D eigenvalue weighted by Crippen LogP contribution is 2.16. The second-order valence-electron chi connectivity index (χ2n) is 4.30. The predicted molar refractivity (Wildman–Crippen MR) is 57.3 cm³/mol. The molecule has 0 aliphatic carbocycles. The van der Waals surface area contributed by atoms with E-state index in [4.69, 9.17) is 0 Å². The van der Waals surface area contributed by atoms with Crippen LogP contribution in [0.2, 0.25) is 0 Å². The Hall–Kier alpha value is 0.420. The lowest BCUT2D eigenvalue weighted by Crippen LogP contribution is -2.44. The van der Waals surface area contributed by atoms with E-state index in [2.05, 4.69) is 4.72 Å². The third-order valence-corrected chi connectivity index (χ3v) is 5.04. The van der Waals surface area contributed by atoms with Gasteiger partial charge in [-0.3, -0.25) is 4.21 Å². The minimum absolute atomic E-state index is 0.181. The van der Waals surface area contributed by atoms with Crippen molar-refractivity contribution in [3.05, 3.63) is 0 Å². The third kappa shape index (κ3) is 3.58. The van der Waals surface area contributed by atoms with E-state index in [1.165, 1.54) is 0 Å². The highest BCUT2D eigenvalue weighted by atomic mass is 32.2. The van der Waals surface area contributed by atoms with Crippen LogP contribution in [-0.4, -0.2) is 31.1 Å². The molecule has 0 aromatic carbocycles. The van der Waals surface area contributed by atoms with E-state index in [0.717, 1.165) is 12.2 Å². The lowest BCUT2D eigenvalue weighted by atomic mass is 10.3.